The van der Waals surface area contributed by atoms with E-state index in [4.69, 9.17) is 14.2 Å². The molecule has 2 aromatic carbocycles. The lowest BCUT2D eigenvalue weighted by atomic mass is 9.78. The lowest BCUT2D eigenvalue weighted by molar-refractivity contribution is -0.0535. The lowest BCUT2D eigenvalue weighted by Gasteiger charge is -2.36. The van der Waals surface area contributed by atoms with Gasteiger partial charge in [-0.3, -0.25) is 4.90 Å². The summed E-state index contributed by atoms with van der Waals surface area (Å²) in [6, 6.07) is 21.2. The molecular weight excluding hydrogens is 414 g/mol. The van der Waals surface area contributed by atoms with Crippen molar-refractivity contribution in [2.24, 2.45) is 5.92 Å². The van der Waals surface area contributed by atoms with Gasteiger partial charge in [0.25, 0.3) is 0 Å². The van der Waals surface area contributed by atoms with Crippen LogP contribution in [0.2, 0.25) is 0 Å². The third kappa shape index (κ3) is 4.80. The number of carbonyl (C=O) groups excluding carboxylic acids is 1. The molecule has 1 amide bonds. The minimum Gasteiger partial charge on any atom is -0.453 e. The number of amides is 1. The van der Waals surface area contributed by atoms with Crippen molar-refractivity contribution in [2.45, 2.75) is 75.3 Å². The van der Waals surface area contributed by atoms with E-state index in [9.17, 15) is 4.79 Å². The van der Waals surface area contributed by atoms with Crippen molar-refractivity contribution in [3.8, 4) is 0 Å². The van der Waals surface area contributed by atoms with Crippen LogP contribution in [0.25, 0.3) is 0 Å². The first kappa shape index (κ1) is 22.4. The predicted molar refractivity (Wildman–Crippen MR) is 127 cm³/mol. The van der Waals surface area contributed by atoms with Gasteiger partial charge >= 0.3 is 6.09 Å². The summed E-state index contributed by atoms with van der Waals surface area (Å²) in [5.41, 5.74) is 2.60. The third-order valence-electron chi connectivity index (χ3n) is 7.92. The fourth-order valence-corrected chi connectivity index (χ4v) is 6.00. The minimum absolute atomic E-state index is 0.0105. The van der Waals surface area contributed by atoms with Crippen molar-refractivity contribution in [3.63, 3.8) is 0 Å². The van der Waals surface area contributed by atoms with Crippen molar-refractivity contribution >= 4 is 6.09 Å². The number of nitrogens with zero attached hydrogens (tertiary/aromatic N) is 1. The van der Waals surface area contributed by atoms with Crippen LogP contribution in [-0.2, 0) is 20.8 Å². The van der Waals surface area contributed by atoms with E-state index in [0.29, 0.717) is 25.0 Å². The zero-order chi connectivity index (χ0) is 22.6. The van der Waals surface area contributed by atoms with Crippen molar-refractivity contribution < 1.29 is 19.0 Å². The van der Waals surface area contributed by atoms with Crippen LogP contribution in [0, 0.1) is 5.92 Å². The molecule has 2 aliphatic carbocycles. The lowest BCUT2D eigenvalue weighted by Crippen LogP contribution is -2.47. The zero-order valence-electron chi connectivity index (χ0n) is 19.5. The third-order valence-corrected chi connectivity index (χ3v) is 7.92. The summed E-state index contributed by atoms with van der Waals surface area (Å²) in [7, 11) is 1.47. The second-order valence-electron chi connectivity index (χ2n) is 9.73. The van der Waals surface area contributed by atoms with E-state index in [2.05, 4.69) is 42.5 Å². The van der Waals surface area contributed by atoms with Crippen molar-refractivity contribution in [2.75, 3.05) is 13.7 Å². The molecule has 176 valence electrons. The topological polar surface area (TPSA) is 48.0 Å². The molecule has 0 bridgehead atoms. The van der Waals surface area contributed by atoms with Crippen LogP contribution in [0.15, 0.2) is 60.7 Å². The van der Waals surface area contributed by atoms with E-state index in [0.717, 1.165) is 44.1 Å². The Bertz CT molecular complexity index is 897. The standard InChI is InChI=1S/C28H35NO4/c1-31-28(30)29-25-17-16-24(25)27(33-18-20-8-4-2-5-9-20)26(29)19-32-23-14-12-22(13-15-23)21-10-6-3-7-11-21/h2-11,22-27H,12-19H2,1H3/t22?,23?,24-,25+,26-,27?/m0/s1. The molecule has 0 radical (unpaired) electrons. The Labute approximate surface area is 197 Å². The second kappa shape index (κ2) is 10.3. The quantitative estimate of drug-likeness (QED) is 0.557. The number of ether oxygens (including phenoxy) is 3. The number of fused-ring (bicyclic) bond motifs is 1. The van der Waals surface area contributed by atoms with Crippen LogP contribution in [0.1, 0.15) is 55.6 Å². The average molecular weight is 450 g/mol. The fraction of sp³-hybridized carbons (Fsp3) is 0.536. The van der Waals surface area contributed by atoms with Gasteiger partial charge in [0.15, 0.2) is 0 Å². The van der Waals surface area contributed by atoms with Crippen LogP contribution in [0.5, 0.6) is 0 Å². The molecule has 2 saturated carbocycles. The molecule has 1 saturated heterocycles. The summed E-state index contributed by atoms with van der Waals surface area (Å²) in [5, 5.41) is 0. The molecule has 0 N–H and O–H groups in total. The second-order valence-corrected chi connectivity index (χ2v) is 9.73. The number of carbonyl (C=O) groups is 1. The number of rotatable bonds is 7. The van der Waals surface area contributed by atoms with Gasteiger partial charge in [-0.1, -0.05) is 60.7 Å². The summed E-state index contributed by atoms with van der Waals surface area (Å²) in [5.74, 6) is 0.997. The smallest absolute Gasteiger partial charge is 0.410 e. The SMILES string of the molecule is COC(=O)N1[C@@H]2CC[C@@H]2C(OCc2ccccc2)[C@@H]1COC1CCC(c2ccccc2)CC1. The number of methoxy groups -OCH3 is 1. The maximum atomic E-state index is 12.7. The maximum absolute atomic E-state index is 12.7. The minimum atomic E-state index is -0.253. The van der Waals surface area contributed by atoms with Crippen LogP contribution >= 0.6 is 0 Å². The van der Waals surface area contributed by atoms with Gasteiger partial charge in [-0.15, -0.1) is 0 Å². The normalized spacial score (nSPS) is 31.0. The van der Waals surface area contributed by atoms with Gasteiger partial charge in [0, 0.05) is 12.0 Å². The highest BCUT2D eigenvalue weighted by molar-refractivity contribution is 5.69. The van der Waals surface area contributed by atoms with E-state index in [-0.39, 0.29) is 30.4 Å². The number of likely N-dealkylation sites (tertiary alicyclic amines) is 1. The highest BCUT2D eigenvalue weighted by Crippen LogP contribution is 2.46. The molecule has 1 aliphatic heterocycles. The van der Waals surface area contributed by atoms with Crippen molar-refractivity contribution in [1.82, 2.24) is 4.90 Å². The first-order valence-electron chi connectivity index (χ1n) is 12.4. The number of benzene rings is 2. The molecule has 0 spiro atoms. The van der Waals surface area contributed by atoms with Crippen LogP contribution in [0.3, 0.4) is 0 Å². The Morgan fingerprint density at radius 1 is 0.879 bits per heavy atom. The van der Waals surface area contributed by atoms with Crippen LogP contribution < -0.4 is 0 Å². The Morgan fingerprint density at radius 2 is 1.58 bits per heavy atom. The predicted octanol–water partition coefficient (Wildman–Crippen LogP) is 5.54. The molecular formula is C28H35NO4. The summed E-state index contributed by atoms with van der Waals surface area (Å²) < 4.78 is 18.1. The van der Waals surface area contributed by atoms with E-state index < -0.39 is 0 Å². The first-order valence-corrected chi connectivity index (χ1v) is 12.4. The largest absolute Gasteiger partial charge is 0.453 e. The molecule has 5 heteroatoms. The van der Waals surface area contributed by atoms with Crippen molar-refractivity contribution in [1.29, 1.82) is 0 Å². The van der Waals surface area contributed by atoms with Gasteiger partial charge in [-0.25, -0.2) is 4.79 Å². The van der Waals surface area contributed by atoms with Crippen LogP contribution in [0.4, 0.5) is 4.79 Å². The summed E-state index contributed by atoms with van der Waals surface area (Å²) in [6.07, 6.45) is 6.52. The molecule has 3 fully saturated rings. The maximum Gasteiger partial charge on any atom is 0.410 e. The first-order chi connectivity index (χ1) is 16.2. The molecule has 5 rings (SSSR count). The van der Waals surface area contributed by atoms with Gasteiger partial charge in [0.05, 0.1) is 38.6 Å². The Morgan fingerprint density at radius 3 is 2.21 bits per heavy atom. The highest BCUT2D eigenvalue weighted by Gasteiger charge is 2.56. The summed E-state index contributed by atoms with van der Waals surface area (Å²) in [4.78, 5) is 14.6. The van der Waals surface area contributed by atoms with Gasteiger partial charge in [-0.05, 0) is 55.6 Å². The van der Waals surface area contributed by atoms with Gasteiger partial charge in [0.1, 0.15) is 0 Å². The molecule has 5 nitrogen and oxygen atoms in total. The molecule has 0 aromatic heterocycles. The molecule has 2 aromatic rings. The van der Waals surface area contributed by atoms with Gasteiger partial charge < -0.3 is 14.2 Å². The van der Waals surface area contributed by atoms with Gasteiger partial charge in [-0.2, -0.15) is 0 Å². The van der Waals surface area contributed by atoms with Gasteiger partial charge in [0.2, 0.25) is 0 Å². The molecule has 3 aliphatic rings. The van der Waals surface area contributed by atoms with Crippen molar-refractivity contribution in [3.05, 3.63) is 71.8 Å². The monoisotopic (exact) mass is 449 g/mol. The molecule has 33 heavy (non-hydrogen) atoms. The molecule has 1 unspecified atom stereocenters. The summed E-state index contributed by atoms with van der Waals surface area (Å²) in [6.45, 7) is 1.07. The summed E-state index contributed by atoms with van der Waals surface area (Å²) >= 11 is 0. The fourth-order valence-electron chi connectivity index (χ4n) is 6.00. The van der Waals surface area contributed by atoms with Crippen LogP contribution in [-0.4, -0.2) is 49.0 Å². The van der Waals surface area contributed by atoms with E-state index in [1.54, 1.807) is 0 Å². The Kier molecular flexibility index (Phi) is 6.98. The number of hydrogen-bond donors (Lipinski definition) is 0. The molecule has 4 atom stereocenters. The Hall–Kier alpha value is -2.37. The molecule has 1 heterocycles. The van der Waals surface area contributed by atoms with E-state index >= 15 is 0 Å². The van der Waals surface area contributed by atoms with E-state index in [1.807, 2.05) is 23.1 Å². The average Bonchev–Trinajstić information content (AvgIpc) is 3.07. The highest BCUT2D eigenvalue weighted by atomic mass is 16.5. The Balaban J connectivity index is 1.21. The number of hydrogen-bond acceptors (Lipinski definition) is 4. The van der Waals surface area contributed by atoms with E-state index in [1.165, 1.54) is 12.7 Å². The zero-order valence-corrected chi connectivity index (χ0v) is 19.5.